The van der Waals surface area contributed by atoms with Crippen LogP contribution in [0.15, 0.2) is 23.1 Å². The molecule has 112 valence electrons. The molecule has 0 amide bonds. The fourth-order valence-corrected chi connectivity index (χ4v) is 4.22. The Morgan fingerprint density at radius 2 is 2.00 bits per heavy atom. The van der Waals surface area contributed by atoms with Crippen LogP contribution in [0.1, 0.15) is 18.4 Å². The maximum absolute atomic E-state index is 12.5. The van der Waals surface area contributed by atoms with Gasteiger partial charge in [-0.25, -0.2) is 8.42 Å². The minimum Gasteiger partial charge on any atom is -0.481 e. The predicted octanol–water partition coefficient (Wildman–Crippen LogP) is 1.70. The molecule has 1 aliphatic rings. The van der Waals surface area contributed by atoms with Gasteiger partial charge in [-0.1, -0.05) is 11.6 Å². The van der Waals surface area contributed by atoms with Crippen molar-refractivity contribution >= 4 is 27.6 Å². The largest absolute Gasteiger partial charge is 0.481 e. The maximum Gasteiger partial charge on any atom is 0.306 e. The Labute approximate surface area is 127 Å². The van der Waals surface area contributed by atoms with E-state index in [4.69, 9.17) is 22.0 Å². The third-order valence-corrected chi connectivity index (χ3v) is 5.86. The molecule has 0 unspecified atom stereocenters. The molecule has 0 atom stereocenters. The molecule has 0 aliphatic carbocycles. The number of hydrogen-bond donors (Lipinski definition) is 1. The molecule has 1 heterocycles. The van der Waals surface area contributed by atoms with Crippen LogP contribution in [0.5, 0.6) is 0 Å². The molecule has 6 nitrogen and oxygen atoms in total. The van der Waals surface area contributed by atoms with Gasteiger partial charge in [-0.15, -0.1) is 0 Å². The number of nitrogens with zero attached hydrogens (tertiary/aromatic N) is 2. The number of benzene rings is 1. The van der Waals surface area contributed by atoms with E-state index >= 15 is 0 Å². The summed E-state index contributed by atoms with van der Waals surface area (Å²) in [5.41, 5.74) is 0.207. The van der Waals surface area contributed by atoms with Gasteiger partial charge in [-0.2, -0.15) is 9.57 Å². The first-order valence-electron chi connectivity index (χ1n) is 6.29. The molecule has 0 radical (unpaired) electrons. The number of sulfonamides is 1. The van der Waals surface area contributed by atoms with Gasteiger partial charge < -0.3 is 5.11 Å². The highest BCUT2D eigenvalue weighted by Gasteiger charge is 2.33. The standard InChI is InChI=1S/C13H13ClN2O4S/c14-11-2-1-9(8-15)7-12(11)21(19,20)16-5-3-10(4-6-16)13(17)18/h1-2,7,10H,3-6H2,(H,17,18). The van der Waals surface area contributed by atoms with E-state index < -0.39 is 21.9 Å². The van der Waals surface area contributed by atoms with Crippen molar-refractivity contribution in [3.05, 3.63) is 28.8 Å². The van der Waals surface area contributed by atoms with E-state index in [-0.39, 0.29) is 41.4 Å². The van der Waals surface area contributed by atoms with Crippen molar-refractivity contribution in [1.29, 1.82) is 5.26 Å². The third-order valence-electron chi connectivity index (χ3n) is 3.48. The molecular formula is C13H13ClN2O4S. The smallest absolute Gasteiger partial charge is 0.306 e. The molecule has 1 aromatic carbocycles. The molecule has 8 heteroatoms. The topological polar surface area (TPSA) is 98.5 Å². The highest BCUT2D eigenvalue weighted by molar-refractivity contribution is 7.89. The van der Waals surface area contributed by atoms with Gasteiger partial charge >= 0.3 is 5.97 Å². The Balaban J connectivity index is 2.28. The number of nitriles is 1. The lowest BCUT2D eigenvalue weighted by molar-refractivity contribution is -0.142. The van der Waals surface area contributed by atoms with Crippen LogP contribution in [0.2, 0.25) is 5.02 Å². The van der Waals surface area contributed by atoms with E-state index in [0.717, 1.165) is 0 Å². The minimum atomic E-state index is -3.82. The van der Waals surface area contributed by atoms with Gasteiger partial charge in [0.2, 0.25) is 10.0 Å². The molecule has 0 spiro atoms. The maximum atomic E-state index is 12.5. The first-order chi connectivity index (χ1) is 9.86. The summed E-state index contributed by atoms with van der Waals surface area (Å²) < 4.78 is 26.3. The Hall–Kier alpha value is -1.62. The number of carbonyl (C=O) groups is 1. The van der Waals surface area contributed by atoms with Crippen LogP contribution in [-0.2, 0) is 14.8 Å². The van der Waals surface area contributed by atoms with Crippen molar-refractivity contribution < 1.29 is 18.3 Å². The Bertz CT molecular complexity index is 703. The summed E-state index contributed by atoms with van der Waals surface area (Å²) in [5, 5.41) is 17.8. The Morgan fingerprint density at radius 3 is 2.52 bits per heavy atom. The molecule has 1 aromatic rings. The number of hydrogen-bond acceptors (Lipinski definition) is 4. The second kappa shape index (κ2) is 6.02. The summed E-state index contributed by atoms with van der Waals surface area (Å²) >= 11 is 5.93. The summed E-state index contributed by atoms with van der Waals surface area (Å²) in [4.78, 5) is 10.8. The van der Waals surface area contributed by atoms with Crippen LogP contribution >= 0.6 is 11.6 Å². The van der Waals surface area contributed by atoms with Gasteiger partial charge in [-0.3, -0.25) is 4.79 Å². The number of aliphatic carboxylic acids is 1. The van der Waals surface area contributed by atoms with Crippen LogP contribution in [0, 0.1) is 17.2 Å². The number of halogens is 1. The highest BCUT2D eigenvalue weighted by Crippen LogP contribution is 2.29. The quantitative estimate of drug-likeness (QED) is 0.910. The average Bonchev–Trinajstić information content (AvgIpc) is 2.47. The van der Waals surface area contributed by atoms with Crippen LogP contribution in [0.4, 0.5) is 0 Å². The van der Waals surface area contributed by atoms with E-state index in [1.54, 1.807) is 0 Å². The van der Waals surface area contributed by atoms with Crippen molar-refractivity contribution in [3.63, 3.8) is 0 Å². The van der Waals surface area contributed by atoms with Crippen molar-refractivity contribution in [2.75, 3.05) is 13.1 Å². The number of piperidine rings is 1. The van der Waals surface area contributed by atoms with Gasteiger partial charge in [0.1, 0.15) is 4.90 Å². The molecule has 1 N–H and O–H groups in total. The fraction of sp³-hybridized carbons (Fsp3) is 0.385. The average molecular weight is 329 g/mol. The zero-order chi connectivity index (χ0) is 15.6. The second-order valence-electron chi connectivity index (χ2n) is 4.77. The van der Waals surface area contributed by atoms with Crippen molar-refractivity contribution in [1.82, 2.24) is 4.31 Å². The van der Waals surface area contributed by atoms with Gasteiger partial charge in [-0.05, 0) is 31.0 Å². The lowest BCUT2D eigenvalue weighted by atomic mass is 9.99. The third kappa shape index (κ3) is 3.18. The van der Waals surface area contributed by atoms with Crippen LogP contribution < -0.4 is 0 Å². The normalized spacial score (nSPS) is 17.3. The first kappa shape index (κ1) is 15.8. The van der Waals surface area contributed by atoms with Gasteiger partial charge in [0, 0.05) is 13.1 Å². The SMILES string of the molecule is N#Cc1ccc(Cl)c(S(=O)(=O)N2CCC(C(=O)O)CC2)c1. The summed E-state index contributed by atoms with van der Waals surface area (Å²) in [7, 11) is -3.82. The predicted molar refractivity (Wildman–Crippen MR) is 75.3 cm³/mol. The van der Waals surface area contributed by atoms with Gasteiger partial charge in [0.05, 0.1) is 22.6 Å². The molecule has 0 bridgehead atoms. The zero-order valence-electron chi connectivity index (χ0n) is 11.0. The van der Waals surface area contributed by atoms with E-state index in [1.807, 2.05) is 6.07 Å². The molecular weight excluding hydrogens is 316 g/mol. The van der Waals surface area contributed by atoms with Crippen molar-refractivity contribution in [2.24, 2.45) is 5.92 Å². The lowest BCUT2D eigenvalue weighted by Gasteiger charge is -2.29. The molecule has 0 saturated carbocycles. The van der Waals surface area contributed by atoms with E-state index in [0.29, 0.717) is 0 Å². The number of rotatable bonds is 3. The van der Waals surface area contributed by atoms with Crippen LogP contribution in [-0.4, -0.2) is 36.9 Å². The number of carboxylic acids is 1. The Kier molecular flexibility index (Phi) is 4.52. The molecule has 2 rings (SSSR count). The summed E-state index contributed by atoms with van der Waals surface area (Å²) in [5.74, 6) is -1.42. The minimum absolute atomic E-state index is 0.0503. The lowest BCUT2D eigenvalue weighted by Crippen LogP contribution is -2.40. The van der Waals surface area contributed by atoms with Crippen molar-refractivity contribution in [3.8, 4) is 6.07 Å². The molecule has 21 heavy (non-hydrogen) atoms. The monoisotopic (exact) mass is 328 g/mol. The summed E-state index contributed by atoms with van der Waals surface area (Å²) in [6, 6.07) is 5.92. The highest BCUT2D eigenvalue weighted by atomic mass is 35.5. The van der Waals surface area contributed by atoms with Gasteiger partial charge in [0.25, 0.3) is 0 Å². The van der Waals surface area contributed by atoms with Crippen LogP contribution in [0.25, 0.3) is 0 Å². The molecule has 0 aromatic heterocycles. The summed E-state index contributed by atoms with van der Waals surface area (Å²) in [6.07, 6.45) is 0.536. The van der Waals surface area contributed by atoms with E-state index in [1.165, 1.54) is 22.5 Å². The fourth-order valence-electron chi connectivity index (χ4n) is 2.25. The zero-order valence-corrected chi connectivity index (χ0v) is 12.6. The first-order valence-corrected chi connectivity index (χ1v) is 8.10. The molecule has 1 aliphatic heterocycles. The Morgan fingerprint density at radius 1 is 1.38 bits per heavy atom. The van der Waals surface area contributed by atoms with Crippen LogP contribution in [0.3, 0.4) is 0 Å². The van der Waals surface area contributed by atoms with Crippen molar-refractivity contribution in [2.45, 2.75) is 17.7 Å². The van der Waals surface area contributed by atoms with E-state index in [2.05, 4.69) is 0 Å². The van der Waals surface area contributed by atoms with Gasteiger partial charge in [0.15, 0.2) is 0 Å². The number of carboxylic acid groups (broad SMARTS) is 1. The second-order valence-corrected chi connectivity index (χ2v) is 7.09. The molecule has 1 fully saturated rings. The molecule has 1 saturated heterocycles. The van der Waals surface area contributed by atoms with E-state index in [9.17, 15) is 13.2 Å². The summed E-state index contributed by atoms with van der Waals surface area (Å²) in [6.45, 7) is 0.263.